The summed E-state index contributed by atoms with van der Waals surface area (Å²) < 4.78 is 1.05. The second kappa shape index (κ2) is 7.61. The van der Waals surface area contributed by atoms with Crippen LogP contribution in [0.4, 0.5) is 0 Å². The number of benzene rings is 1. The van der Waals surface area contributed by atoms with Crippen molar-refractivity contribution in [3.63, 3.8) is 0 Å². The number of rotatable bonds is 3. The molecule has 0 amide bonds. The van der Waals surface area contributed by atoms with E-state index < -0.39 is 11.7 Å². The monoisotopic (exact) mass is 337 g/mol. The molecule has 0 aliphatic rings. The van der Waals surface area contributed by atoms with Crippen LogP contribution in [-0.2, 0) is 0 Å². The van der Waals surface area contributed by atoms with E-state index in [4.69, 9.17) is 16.7 Å². The van der Waals surface area contributed by atoms with Crippen LogP contribution in [0.1, 0.15) is 10.4 Å². The molecular formula is C12H17BrClNO3. The minimum atomic E-state index is -1.25. The van der Waals surface area contributed by atoms with Crippen LogP contribution in [0.3, 0.4) is 0 Å². The summed E-state index contributed by atoms with van der Waals surface area (Å²) in [5.41, 5.74) is -0.294. The van der Waals surface area contributed by atoms with Crippen molar-refractivity contribution >= 4 is 33.5 Å². The highest BCUT2D eigenvalue weighted by molar-refractivity contribution is 9.09. The van der Waals surface area contributed by atoms with Crippen molar-refractivity contribution in [2.45, 2.75) is 0 Å². The van der Waals surface area contributed by atoms with Gasteiger partial charge in [0.25, 0.3) is 0 Å². The molecule has 4 nitrogen and oxygen atoms in total. The maximum Gasteiger partial charge on any atom is 0.335 e. The van der Waals surface area contributed by atoms with E-state index in [1.54, 1.807) is 0 Å². The summed E-state index contributed by atoms with van der Waals surface area (Å²) in [4.78, 5) is 10.3. The lowest BCUT2D eigenvalue weighted by Crippen LogP contribution is -2.35. The van der Waals surface area contributed by atoms with Crippen molar-refractivity contribution in [2.24, 2.45) is 0 Å². The van der Waals surface area contributed by atoms with Crippen LogP contribution in [0, 0.1) is 0 Å². The third-order valence-electron chi connectivity index (χ3n) is 1.95. The molecule has 0 spiro atoms. The zero-order valence-corrected chi connectivity index (χ0v) is 13.0. The Balaban J connectivity index is 0.000000360. The minimum absolute atomic E-state index is 0.0649. The van der Waals surface area contributed by atoms with Crippen LogP contribution in [0.2, 0.25) is 5.02 Å². The largest absolute Gasteiger partial charge is 0.871 e. The molecule has 0 aliphatic carbocycles. The molecule has 0 atom stereocenters. The van der Waals surface area contributed by atoms with E-state index in [1.165, 1.54) is 24.7 Å². The first-order valence-corrected chi connectivity index (χ1v) is 6.74. The smallest absolute Gasteiger partial charge is 0.335 e. The highest BCUT2D eigenvalue weighted by Gasteiger charge is 2.04. The summed E-state index contributed by atoms with van der Waals surface area (Å²) in [6.07, 6.45) is 0. The number of carbonyl (C=O) groups is 1. The van der Waals surface area contributed by atoms with Gasteiger partial charge in [-0.3, -0.25) is 0 Å². The Morgan fingerprint density at radius 2 is 2.00 bits per heavy atom. The Bertz CT molecular complexity index is 405. The Morgan fingerprint density at radius 3 is 2.28 bits per heavy atom. The predicted molar refractivity (Wildman–Crippen MR) is 74.6 cm³/mol. The summed E-state index contributed by atoms with van der Waals surface area (Å²) in [5, 5.41) is 20.4. The van der Waals surface area contributed by atoms with Crippen LogP contribution in [0.5, 0.6) is 5.75 Å². The molecule has 0 unspecified atom stereocenters. The molecule has 1 aromatic carbocycles. The number of carboxylic acids is 1. The average Bonchev–Trinajstić information content (AvgIpc) is 2.20. The third-order valence-corrected chi connectivity index (χ3v) is 2.60. The Labute approximate surface area is 121 Å². The van der Waals surface area contributed by atoms with E-state index >= 15 is 0 Å². The van der Waals surface area contributed by atoms with Crippen molar-refractivity contribution in [1.82, 2.24) is 0 Å². The van der Waals surface area contributed by atoms with Gasteiger partial charge in [0.05, 0.1) is 38.6 Å². The van der Waals surface area contributed by atoms with E-state index in [0.717, 1.165) is 9.81 Å². The molecule has 0 bridgehead atoms. The molecule has 1 aromatic rings. The Morgan fingerprint density at radius 1 is 1.44 bits per heavy atom. The van der Waals surface area contributed by atoms with Gasteiger partial charge in [-0.2, -0.15) is 0 Å². The highest BCUT2D eigenvalue weighted by Crippen LogP contribution is 2.23. The van der Waals surface area contributed by atoms with Crippen molar-refractivity contribution < 1.29 is 19.5 Å². The number of alkyl halides is 1. The number of quaternary nitrogens is 1. The predicted octanol–water partition coefficient (Wildman–Crippen LogP) is 2.20. The van der Waals surface area contributed by atoms with Crippen molar-refractivity contribution in [3.8, 4) is 5.75 Å². The quantitative estimate of drug-likeness (QED) is 0.679. The van der Waals surface area contributed by atoms with Gasteiger partial charge < -0.3 is 14.7 Å². The van der Waals surface area contributed by atoms with Gasteiger partial charge in [0, 0.05) is 5.02 Å². The number of carboxylic acid groups (broad SMARTS) is 1. The minimum Gasteiger partial charge on any atom is -0.871 e. The summed E-state index contributed by atoms with van der Waals surface area (Å²) >= 11 is 8.75. The first-order chi connectivity index (χ1) is 8.19. The lowest BCUT2D eigenvalue weighted by Gasteiger charge is -2.21. The molecule has 0 radical (unpaired) electrons. The first kappa shape index (κ1) is 17.2. The lowest BCUT2D eigenvalue weighted by molar-refractivity contribution is -0.867. The molecule has 1 N–H and O–H groups in total. The standard InChI is InChI=1S/C7H5ClO3.C5H13BrN/c8-5-3-1-2-4(6(5)9)7(10)11;1-7(2,3)5-4-6/h1-3,9H,(H,10,11);4-5H2,1-3H3/q;+1/p-1. The topological polar surface area (TPSA) is 60.4 Å². The van der Waals surface area contributed by atoms with Gasteiger partial charge in [0.1, 0.15) is 0 Å². The second-order valence-corrected chi connectivity index (χ2v) is 5.82. The van der Waals surface area contributed by atoms with Gasteiger partial charge in [0.15, 0.2) is 0 Å². The van der Waals surface area contributed by atoms with Crippen LogP contribution >= 0.6 is 27.5 Å². The molecular weight excluding hydrogens is 321 g/mol. The summed E-state index contributed by atoms with van der Waals surface area (Å²) in [7, 11) is 6.55. The van der Waals surface area contributed by atoms with E-state index in [-0.39, 0.29) is 10.6 Å². The molecule has 102 valence electrons. The molecule has 0 heterocycles. The number of hydrogen-bond acceptors (Lipinski definition) is 2. The molecule has 0 saturated heterocycles. The van der Waals surface area contributed by atoms with Gasteiger partial charge in [-0.15, -0.1) is 0 Å². The van der Waals surface area contributed by atoms with Crippen LogP contribution < -0.4 is 5.11 Å². The molecule has 18 heavy (non-hydrogen) atoms. The van der Waals surface area contributed by atoms with Crippen LogP contribution in [0.25, 0.3) is 0 Å². The molecule has 1 rings (SSSR count). The van der Waals surface area contributed by atoms with E-state index in [0.29, 0.717) is 0 Å². The zero-order valence-electron chi connectivity index (χ0n) is 10.6. The van der Waals surface area contributed by atoms with Crippen LogP contribution in [0.15, 0.2) is 18.2 Å². The lowest BCUT2D eigenvalue weighted by atomic mass is 10.2. The van der Waals surface area contributed by atoms with Crippen LogP contribution in [-0.4, -0.2) is 48.6 Å². The maximum absolute atomic E-state index is 10.9. The molecule has 0 aliphatic heterocycles. The maximum atomic E-state index is 10.9. The van der Waals surface area contributed by atoms with Gasteiger partial charge >= 0.3 is 5.97 Å². The Hall–Kier alpha value is -0.780. The number of hydrogen-bond donors (Lipinski definition) is 1. The van der Waals surface area contributed by atoms with Gasteiger partial charge in [-0.05, 0) is 12.1 Å². The van der Waals surface area contributed by atoms with E-state index in [9.17, 15) is 9.90 Å². The van der Waals surface area contributed by atoms with E-state index in [1.807, 2.05) is 0 Å². The van der Waals surface area contributed by atoms with Crippen molar-refractivity contribution in [3.05, 3.63) is 28.8 Å². The van der Waals surface area contributed by atoms with Crippen molar-refractivity contribution in [1.29, 1.82) is 0 Å². The normalized spacial score (nSPS) is 10.5. The summed E-state index contributed by atoms with van der Waals surface area (Å²) in [6, 6.07) is 4.00. The number of aromatic carboxylic acids is 1. The van der Waals surface area contributed by atoms with Gasteiger partial charge in [0.2, 0.25) is 0 Å². The average molecular weight is 339 g/mol. The molecule has 0 aromatic heterocycles. The number of halogens is 2. The fraction of sp³-hybridized carbons (Fsp3) is 0.417. The fourth-order valence-electron chi connectivity index (χ4n) is 0.931. The molecule has 0 saturated carbocycles. The van der Waals surface area contributed by atoms with Crippen molar-refractivity contribution in [2.75, 3.05) is 33.0 Å². The highest BCUT2D eigenvalue weighted by atomic mass is 79.9. The zero-order chi connectivity index (χ0) is 14.3. The molecule has 0 fully saturated rings. The third kappa shape index (κ3) is 6.83. The molecule has 6 heteroatoms. The van der Waals surface area contributed by atoms with Gasteiger partial charge in [-0.1, -0.05) is 39.3 Å². The number of nitrogens with zero attached hydrogens (tertiary/aromatic N) is 1. The number of para-hydroxylation sites is 1. The Kier molecular flexibility index (Phi) is 7.28. The summed E-state index contributed by atoms with van der Waals surface area (Å²) in [5.74, 6) is -1.89. The van der Waals surface area contributed by atoms with E-state index in [2.05, 4.69) is 37.1 Å². The van der Waals surface area contributed by atoms with Gasteiger partial charge in [-0.25, -0.2) is 4.79 Å². The summed E-state index contributed by atoms with van der Waals surface area (Å²) in [6.45, 7) is 1.19. The fourth-order valence-corrected chi connectivity index (χ4v) is 2.17. The SMILES string of the molecule is C[N+](C)(C)CCBr.O=C(O)c1cccc(Cl)c1[O-]. The second-order valence-electron chi connectivity index (χ2n) is 4.62. The first-order valence-electron chi connectivity index (χ1n) is 5.24.